The average molecular weight is 256 g/mol. The maximum atomic E-state index is 11.8. The van der Waals surface area contributed by atoms with Crippen molar-refractivity contribution < 1.29 is 9.53 Å². The summed E-state index contributed by atoms with van der Waals surface area (Å²) in [5.74, 6) is 0.731. The van der Waals surface area contributed by atoms with E-state index >= 15 is 0 Å². The van der Waals surface area contributed by atoms with Crippen molar-refractivity contribution in [1.82, 2.24) is 10.2 Å². The zero-order chi connectivity index (χ0) is 13.9. The molecule has 1 saturated carbocycles. The second-order valence-electron chi connectivity index (χ2n) is 6.70. The predicted molar refractivity (Wildman–Crippen MR) is 73.6 cm³/mol. The van der Waals surface area contributed by atoms with Crippen molar-refractivity contribution in [2.45, 2.75) is 64.6 Å². The molecule has 0 aromatic heterocycles. The van der Waals surface area contributed by atoms with Crippen LogP contribution in [0.5, 0.6) is 0 Å². The van der Waals surface area contributed by atoms with E-state index in [0.717, 1.165) is 18.8 Å². The van der Waals surface area contributed by atoms with Gasteiger partial charge in [-0.3, -0.25) is 0 Å². The number of carbonyl (C=O) groups excluding carboxylic acids is 1. The number of nitrogens with zero attached hydrogens (tertiary/aromatic N) is 1. The molecule has 0 radical (unpaired) electrons. The highest BCUT2D eigenvalue weighted by atomic mass is 16.6. The number of alkyl carbamates (subject to hydrolysis) is 1. The fourth-order valence-corrected chi connectivity index (χ4v) is 2.55. The molecule has 0 unspecified atom stereocenters. The van der Waals surface area contributed by atoms with Crippen LogP contribution in [-0.2, 0) is 4.74 Å². The molecule has 1 amide bonds. The van der Waals surface area contributed by atoms with Crippen LogP contribution < -0.4 is 5.32 Å². The van der Waals surface area contributed by atoms with E-state index in [1.807, 2.05) is 20.8 Å². The van der Waals surface area contributed by atoms with Gasteiger partial charge in [-0.05, 0) is 60.0 Å². The van der Waals surface area contributed by atoms with Gasteiger partial charge in [0.05, 0.1) is 0 Å². The fraction of sp³-hybridized carbons (Fsp3) is 0.929. The summed E-state index contributed by atoms with van der Waals surface area (Å²) in [4.78, 5) is 14.0. The first-order valence-corrected chi connectivity index (χ1v) is 6.85. The molecular formula is C14H28N2O2. The first-order valence-electron chi connectivity index (χ1n) is 6.85. The molecule has 18 heavy (non-hydrogen) atoms. The molecule has 4 heteroatoms. The smallest absolute Gasteiger partial charge is 0.407 e. The second-order valence-corrected chi connectivity index (χ2v) is 6.70. The zero-order valence-corrected chi connectivity index (χ0v) is 12.6. The quantitative estimate of drug-likeness (QED) is 0.826. The highest BCUT2D eigenvalue weighted by Crippen LogP contribution is 2.26. The van der Waals surface area contributed by atoms with Gasteiger partial charge in [0, 0.05) is 12.1 Å². The van der Waals surface area contributed by atoms with Gasteiger partial charge in [-0.25, -0.2) is 4.79 Å². The number of hydrogen-bond donors (Lipinski definition) is 1. The van der Waals surface area contributed by atoms with E-state index in [2.05, 4.69) is 31.2 Å². The Kier molecular flexibility index (Phi) is 5.02. The van der Waals surface area contributed by atoms with Crippen molar-refractivity contribution in [1.29, 1.82) is 0 Å². The third-order valence-corrected chi connectivity index (χ3v) is 3.44. The van der Waals surface area contributed by atoms with Crippen LogP contribution in [0.15, 0.2) is 0 Å². The number of ether oxygens (including phenoxy) is 1. The van der Waals surface area contributed by atoms with Crippen LogP contribution in [-0.4, -0.2) is 42.8 Å². The van der Waals surface area contributed by atoms with E-state index in [0.29, 0.717) is 6.04 Å². The van der Waals surface area contributed by atoms with Crippen LogP contribution in [0, 0.1) is 5.92 Å². The molecule has 1 aliphatic rings. The van der Waals surface area contributed by atoms with Crippen LogP contribution in [0.25, 0.3) is 0 Å². The van der Waals surface area contributed by atoms with Gasteiger partial charge in [0.2, 0.25) is 0 Å². The van der Waals surface area contributed by atoms with Gasteiger partial charge in [0.25, 0.3) is 0 Å². The number of likely N-dealkylation sites (N-methyl/N-ethyl adjacent to an activating group) is 1. The van der Waals surface area contributed by atoms with Gasteiger partial charge in [0.1, 0.15) is 5.60 Å². The van der Waals surface area contributed by atoms with Crippen LogP contribution in [0.1, 0.15) is 47.0 Å². The van der Waals surface area contributed by atoms with E-state index in [1.165, 1.54) is 6.42 Å². The molecule has 0 saturated heterocycles. The van der Waals surface area contributed by atoms with E-state index in [4.69, 9.17) is 4.74 Å². The summed E-state index contributed by atoms with van der Waals surface area (Å²) >= 11 is 0. The number of rotatable bonds is 2. The minimum absolute atomic E-state index is 0.200. The molecule has 3 atom stereocenters. The molecule has 4 nitrogen and oxygen atoms in total. The Hall–Kier alpha value is -0.770. The molecule has 0 aromatic rings. The van der Waals surface area contributed by atoms with Crippen molar-refractivity contribution in [2.75, 3.05) is 14.1 Å². The van der Waals surface area contributed by atoms with Gasteiger partial charge in [-0.15, -0.1) is 0 Å². The van der Waals surface area contributed by atoms with Gasteiger partial charge in [0.15, 0.2) is 0 Å². The lowest BCUT2D eigenvalue weighted by molar-refractivity contribution is 0.0435. The molecular weight excluding hydrogens is 228 g/mol. The first-order chi connectivity index (χ1) is 8.19. The number of hydrogen-bond acceptors (Lipinski definition) is 3. The van der Waals surface area contributed by atoms with Gasteiger partial charge >= 0.3 is 6.09 Å². The Morgan fingerprint density at radius 3 is 2.39 bits per heavy atom. The van der Waals surface area contributed by atoms with Crippen molar-refractivity contribution >= 4 is 6.09 Å². The first kappa shape index (κ1) is 15.3. The number of nitrogens with one attached hydrogen (secondary N) is 1. The maximum absolute atomic E-state index is 11.8. The van der Waals surface area contributed by atoms with Gasteiger partial charge in [-0.1, -0.05) is 6.92 Å². The highest BCUT2D eigenvalue weighted by Gasteiger charge is 2.32. The van der Waals surface area contributed by atoms with Crippen molar-refractivity contribution in [3.63, 3.8) is 0 Å². The molecule has 0 spiro atoms. The van der Waals surface area contributed by atoms with E-state index in [9.17, 15) is 4.79 Å². The minimum Gasteiger partial charge on any atom is -0.444 e. The van der Waals surface area contributed by atoms with Crippen molar-refractivity contribution in [3.8, 4) is 0 Å². The molecule has 0 heterocycles. The topological polar surface area (TPSA) is 41.6 Å². The Morgan fingerprint density at radius 2 is 1.89 bits per heavy atom. The van der Waals surface area contributed by atoms with Gasteiger partial charge < -0.3 is 15.0 Å². The monoisotopic (exact) mass is 256 g/mol. The molecule has 0 aliphatic heterocycles. The summed E-state index contributed by atoms with van der Waals surface area (Å²) in [6.45, 7) is 7.94. The summed E-state index contributed by atoms with van der Waals surface area (Å²) in [5, 5.41) is 3.02. The van der Waals surface area contributed by atoms with E-state index in [1.54, 1.807) is 0 Å². The van der Waals surface area contributed by atoms with Crippen LogP contribution in [0.2, 0.25) is 0 Å². The third kappa shape index (κ3) is 4.84. The summed E-state index contributed by atoms with van der Waals surface area (Å²) in [5.41, 5.74) is -0.431. The van der Waals surface area contributed by atoms with E-state index < -0.39 is 5.60 Å². The maximum Gasteiger partial charge on any atom is 0.407 e. The SMILES string of the molecule is C[C@H]1CC[C@H](NC(=O)OC(C)(C)C)[C@@H](N(C)C)C1. The van der Waals surface area contributed by atoms with Crippen LogP contribution in [0.3, 0.4) is 0 Å². The fourth-order valence-electron chi connectivity index (χ4n) is 2.55. The zero-order valence-electron chi connectivity index (χ0n) is 12.6. The molecule has 1 rings (SSSR count). The Morgan fingerprint density at radius 1 is 1.28 bits per heavy atom. The lowest BCUT2D eigenvalue weighted by Gasteiger charge is -2.39. The summed E-state index contributed by atoms with van der Waals surface area (Å²) in [7, 11) is 4.15. The van der Waals surface area contributed by atoms with Crippen LogP contribution in [0.4, 0.5) is 4.79 Å². The molecule has 106 valence electrons. The Bertz CT molecular complexity index is 284. The third-order valence-electron chi connectivity index (χ3n) is 3.44. The normalized spacial score (nSPS) is 29.2. The van der Waals surface area contributed by atoms with Gasteiger partial charge in [-0.2, -0.15) is 0 Å². The lowest BCUT2D eigenvalue weighted by Crippen LogP contribution is -2.53. The molecule has 1 fully saturated rings. The van der Waals surface area contributed by atoms with E-state index in [-0.39, 0.29) is 12.1 Å². The summed E-state index contributed by atoms with van der Waals surface area (Å²) < 4.78 is 5.33. The standard InChI is InChI=1S/C14H28N2O2/c1-10-7-8-11(12(9-10)16(5)6)15-13(17)18-14(2,3)4/h10-12H,7-9H2,1-6H3,(H,15,17)/t10-,11-,12-/m0/s1. The largest absolute Gasteiger partial charge is 0.444 e. The van der Waals surface area contributed by atoms with Crippen LogP contribution >= 0.6 is 0 Å². The predicted octanol–water partition coefficient (Wildman–Crippen LogP) is 2.63. The average Bonchev–Trinajstić information content (AvgIpc) is 2.17. The molecule has 1 aliphatic carbocycles. The minimum atomic E-state index is -0.431. The molecule has 0 bridgehead atoms. The molecule has 1 N–H and O–H groups in total. The number of carbonyl (C=O) groups is 1. The Labute approximate surface area is 111 Å². The highest BCUT2D eigenvalue weighted by molar-refractivity contribution is 5.68. The molecule has 0 aromatic carbocycles. The van der Waals surface area contributed by atoms with Crippen molar-refractivity contribution in [3.05, 3.63) is 0 Å². The number of amides is 1. The lowest BCUT2D eigenvalue weighted by atomic mass is 9.83. The van der Waals surface area contributed by atoms with Crippen molar-refractivity contribution in [2.24, 2.45) is 5.92 Å². The second kappa shape index (κ2) is 5.91. The summed E-state index contributed by atoms with van der Waals surface area (Å²) in [6, 6.07) is 0.604. The summed E-state index contributed by atoms with van der Waals surface area (Å²) in [6.07, 6.45) is 3.04. The Balaban J connectivity index is 2.56.